The Bertz CT molecular complexity index is 330. The van der Waals surface area contributed by atoms with Gasteiger partial charge >= 0.3 is 0 Å². The van der Waals surface area contributed by atoms with Crippen molar-refractivity contribution in [2.24, 2.45) is 0 Å². The van der Waals surface area contributed by atoms with Crippen molar-refractivity contribution in [3.63, 3.8) is 0 Å². The van der Waals surface area contributed by atoms with E-state index in [-0.39, 0.29) is 0 Å². The number of hydrogen-bond acceptors (Lipinski definition) is 0. The van der Waals surface area contributed by atoms with E-state index in [0.29, 0.717) is 0 Å². The summed E-state index contributed by atoms with van der Waals surface area (Å²) in [5.41, 5.74) is 4.43. The van der Waals surface area contributed by atoms with Crippen LogP contribution in [0.5, 0.6) is 0 Å². The molecule has 0 radical (unpaired) electrons. The third-order valence-corrected chi connectivity index (χ3v) is 3.19. The van der Waals surface area contributed by atoms with Gasteiger partial charge in [-0.2, -0.15) is 0 Å². The van der Waals surface area contributed by atoms with Crippen LogP contribution in [0.25, 0.3) is 0 Å². The fraction of sp³-hybridized carbons (Fsp3) is 0.556. The summed E-state index contributed by atoms with van der Waals surface area (Å²) in [4.78, 5) is 0. The molecule has 1 atom stereocenters. The third kappa shape index (κ3) is 5.53. The van der Waals surface area contributed by atoms with Crippen LogP contribution in [0.2, 0.25) is 0 Å². The lowest BCUT2D eigenvalue weighted by Gasteiger charge is -2.20. The van der Waals surface area contributed by atoms with Crippen LogP contribution < -0.4 is 0 Å². The summed E-state index contributed by atoms with van der Waals surface area (Å²) in [5.74, 6) is 0.763. The molecule has 0 spiro atoms. The van der Waals surface area contributed by atoms with Crippen molar-refractivity contribution in [1.82, 2.24) is 0 Å². The van der Waals surface area contributed by atoms with Crippen molar-refractivity contribution in [1.29, 1.82) is 0 Å². The largest absolute Gasteiger partial charge is 0.0850 e. The first-order valence-electron chi connectivity index (χ1n) is 7.48. The van der Waals surface area contributed by atoms with Gasteiger partial charge in [-0.1, -0.05) is 69.2 Å². The van der Waals surface area contributed by atoms with Crippen molar-refractivity contribution in [3.8, 4) is 0 Å². The van der Waals surface area contributed by atoms with E-state index in [1.807, 2.05) is 27.7 Å². The highest BCUT2D eigenvalue weighted by Crippen LogP contribution is 2.31. The van der Waals surface area contributed by atoms with Gasteiger partial charge in [0.2, 0.25) is 0 Å². The van der Waals surface area contributed by atoms with Gasteiger partial charge in [0.15, 0.2) is 0 Å². The second-order valence-corrected chi connectivity index (χ2v) is 4.43. The van der Waals surface area contributed by atoms with E-state index < -0.39 is 0 Å². The molecular weight excluding hydrogens is 216 g/mol. The molecule has 102 valence electrons. The standard InChI is InChI=1S/C14H18.2C2H6/c1-11-3-7-13(8-4-11)14-9-5-12(2)6-10-14;2*1-2/h3-5,7-8,14H,6,9-10H2,1-2H3;2*1-2H3. The molecule has 2 rings (SSSR count). The molecule has 1 aliphatic carbocycles. The Morgan fingerprint density at radius 2 is 1.44 bits per heavy atom. The SMILES string of the molecule is CC.CC.CC1=CCC(c2ccc(C)cc2)CC1. The molecule has 0 aliphatic heterocycles. The Labute approximate surface area is 114 Å². The van der Waals surface area contributed by atoms with Gasteiger partial charge in [-0.15, -0.1) is 0 Å². The number of rotatable bonds is 1. The Morgan fingerprint density at radius 1 is 0.889 bits per heavy atom. The summed E-state index contributed by atoms with van der Waals surface area (Å²) in [6.07, 6.45) is 6.23. The van der Waals surface area contributed by atoms with Gasteiger partial charge in [0, 0.05) is 0 Å². The summed E-state index contributed by atoms with van der Waals surface area (Å²) < 4.78 is 0. The van der Waals surface area contributed by atoms with E-state index in [0.717, 1.165) is 5.92 Å². The molecule has 0 aromatic heterocycles. The van der Waals surface area contributed by atoms with Gasteiger partial charge < -0.3 is 0 Å². The molecule has 1 aromatic rings. The highest BCUT2D eigenvalue weighted by molar-refractivity contribution is 5.26. The van der Waals surface area contributed by atoms with Crippen LogP contribution in [-0.2, 0) is 0 Å². The molecule has 18 heavy (non-hydrogen) atoms. The first kappa shape index (κ1) is 17.0. The minimum Gasteiger partial charge on any atom is -0.0850 e. The molecule has 1 aromatic carbocycles. The smallest absolute Gasteiger partial charge is 0.0124 e. The second kappa shape index (κ2) is 9.94. The molecule has 0 fully saturated rings. The Balaban J connectivity index is 0.000000659. The highest BCUT2D eigenvalue weighted by atomic mass is 14.2. The minimum atomic E-state index is 0.763. The average molecular weight is 246 g/mol. The topological polar surface area (TPSA) is 0 Å². The first-order valence-corrected chi connectivity index (χ1v) is 7.48. The van der Waals surface area contributed by atoms with Gasteiger partial charge in [0.1, 0.15) is 0 Å². The normalized spacial score (nSPS) is 17.7. The number of hydrogen-bond donors (Lipinski definition) is 0. The average Bonchev–Trinajstić information content (AvgIpc) is 2.45. The van der Waals surface area contributed by atoms with Gasteiger partial charge in [-0.25, -0.2) is 0 Å². The van der Waals surface area contributed by atoms with Crippen molar-refractivity contribution in [2.45, 2.75) is 66.7 Å². The van der Waals surface area contributed by atoms with E-state index in [2.05, 4.69) is 44.2 Å². The molecule has 1 unspecified atom stereocenters. The maximum atomic E-state index is 2.40. The maximum absolute atomic E-state index is 2.40. The van der Waals surface area contributed by atoms with Gasteiger partial charge in [0.05, 0.1) is 0 Å². The third-order valence-electron chi connectivity index (χ3n) is 3.19. The fourth-order valence-corrected chi connectivity index (χ4v) is 2.11. The molecule has 1 aliphatic rings. The summed E-state index contributed by atoms with van der Waals surface area (Å²) >= 11 is 0. The Hall–Kier alpha value is -1.04. The van der Waals surface area contributed by atoms with E-state index in [1.165, 1.54) is 30.4 Å². The Morgan fingerprint density at radius 3 is 1.89 bits per heavy atom. The van der Waals surface area contributed by atoms with E-state index >= 15 is 0 Å². The lowest BCUT2D eigenvalue weighted by Crippen LogP contribution is -2.02. The quantitative estimate of drug-likeness (QED) is 0.513. The summed E-state index contributed by atoms with van der Waals surface area (Å²) in [5, 5.41) is 0. The molecule has 0 heterocycles. The van der Waals surface area contributed by atoms with Crippen LogP contribution >= 0.6 is 0 Å². The molecule has 0 N–H and O–H groups in total. The zero-order chi connectivity index (χ0) is 14.0. The van der Waals surface area contributed by atoms with E-state index in [4.69, 9.17) is 0 Å². The fourth-order valence-electron chi connectivity index (χ4n) is 2.11. The first-order chi connectivity index (χ1) is 8.75. The summed E-state index contributed by atoms with van der Waals surface area (Å²) in [6.45, 7) is 12.4. The molecule has 0 saturated carbocycles. The van der Waals surface area contributed by atoms with Crippen LogP contribution in [0, 0.1) is 6.92 Å². The molecule has 0 saturated heterocycles. The number of benzene rings is 1. The van der Waals surface area contributed by atoms with Crippen LogP contribution in [-0.4, -0.2) is 0 Å². The van der Waals surface area contributed by atoms with E-state index in [9.17, 15) is 0 Å². The zero-order valence-electron chi connectivity index (χ0n) is 13.1. The van der Waals surface area contributed by atoms with Crippen molar-refractivity contribution in [2.75, 3.05) is 0 Å². The van der Waals surface area contributed by atoms with Gasteiger partial charge in [-0.3, -0.25) is 0 Å². The minimum absolute atomic E-state index is 0.763. The predicted octanol–water partition coefficient (Wildman–Crippen LogP) is 6.26. The van der Waals surface area contributed by atoms with Crippen molar-refractivity contribution in [3.05, 3.63) is 47.0 Å². The van der Waals surface area contributed by atoms with Gasteiger partial charge in [0.25, 0.3) is 0 Å². The maximum Gasteiger partial charge on any atom is -0.0124 e. The summed E-state index contributed by atoms with van der Waals surface area (Å²) in [6, 6.07) is 9.02. The van der Waals surface area contributed by atoms with Crippen LogP contribution in [0.3, 0.4) is 0 Å². The molecule has 0 amide bonds. The lowest BCUT2D eigenvalue weighted by atomic mass is 9.85. The van der Waals surface area contributed by atoms with Gasteiger partial charge in [-0.05, 0) is 44.6 Å². The highest BCUT2D eigenvalue weighted by Gasteiger charge is 2.13. The zero-order valence-corrected chi connectivity index (χ0v) is 13.1. The second-order valence-electron chi connectivity index (χ2n) is 4.43. The molecule has 0 nitrogen and oxygen atoms in total. The lowest BCUT2D eigenvalue weighted by molar-refractivity contribution is 0.599. The van der Waals surface area contributed by atoms with Crippen molar-refractivity contribution < 1.29 is 0 Å². The van der Waals surface area contributed by atoms with Crippen LogP contribution in [0.1, 0.15) is 70.9 Å². The van der Waals surface area contributed by atoms with Crippen LogP contribution in [0.4, 0.5) is 0 Å². The summed E-state index contributed by atoms with van der Waals surface area (Å²) in [7, 11) is 0. The Kier molecular flexibility index (Phi) is 9.36. The monoisotopic (exact) mass is 246 g/mol. The predicted molar refractivity (Wildman–Crippen MR) is 84.2 cm³/mol. The number of aryl methyl sites for hydroxylation is 1. The molecule has 0 heteroatoms. The molecular formula is C18H30. The van der Waals surface area contributed by atoms with E-state index in [1.54, 1.807) is 5.57 Å². The van der Waals surface area contributed by atoms with Crippen LogP contribution in [0.15, 0.2) is 35.9 Å². The molecule has 0 bridgehead atoms. The van der Waals surface area contributed by atoms with Crippen molar-refractivity contribution >= 4 is 0 Å². The number of allylic oxidation sites excluding steroid dienone is 2.